The van der Waals surface area contributed by atoms with Crippen LogP contribution in [0.15, 0.2) is 58.6 Å². The Morgan fingerprint density at radius 1 is 1.00 bits per heavy atom. The number of hydrogen-bond acceptors (Lipinski definition) is 9. The van der Waals surface area contributed by atoms with Gasteiger partial charge >= 0.3 is 11.9 Å². The van der Waals surface area contributed by atoms with Gasteiger partial charge in [-0.2, -0.15) is 0 Å². The largest absolute Gasteiger partial charge is 0.462 e. The van der Waals surface area contributed by atoms with Gasteiger partial charge in [-0.1, -0.05) is 29.4 Å². The summed E-state index contributed by atoms with van der Waals surface area (Å²) in [6.45, 7) is 8.91. The van der Waals surface area contributed by atoms with Crippen molar-refractivity contribution in [1.29, 1.82) is 0 Å². The normalized spacial score (nSPS) is 14.8. The molecule has 0 spiro atoms. The molecule has 1 saturated heterocycles. The van der Waals surface area contributed by atoms with E-state index < -0.39 is 11.5 Å². The van der Waals surface area contributed by atoms with Crippen LogP contribution in [0, 0.1) is 0 Å². The molecule has 194 valence electrons. The summed E-state index contributed by atoms with van der Waals surface area (Å²) in [5, 5.41) is 4.41. The molecule has 0 aliphatic carbocycles. The number of carbonyl (C=O) groups is 2. The van der Waals surface area contributed by atoms with Gasteiger partial charge in [0.05, 0.1) is 30.9 Å². The number of morpholine rings is 1. The maximum absolute atomic E-state index is 12.3. The second-order valence-electron chi connectivity index (χ2n) is 8.68. The SMILES string of the molecule is CCOC(=O)c1ccc(COC(=O)CO/N=C(/c2ccc(SC)cc2)C(C)(C)N2CCOCC2)cc1. The van der Waals surface area contributed by atoms with Crippen LogP contribution in [0.3, 0.4) is 0 Å². The summed E-state index contributed by atoms with van der Waals surface area (Å²) in [6.07, 6.45) is 2.03. The van der Waals surface area contributed by atoms with Gasteiger partial charge in [0.15, 0.2) is 0 Å². The van der Waals surface area contributed by atoms with Crippen molar-refractivity contribution in [3.8, 4) is 0 Å². The second-order valence-corrected chi connectivity index (χ2v) is 9.56. The first-order chi connectivity index (χ1) is 17.3. The van der Waals surface area contributed by atoms with Crippen LogP contribution in [0.2, 0.25) is 0 Å². The van der Waals surface area contributed by atoms with E-state index in [-0.39, 0.29) is 19.2 Å². The predicted molar refractivity (Wildman–Crippen MR) is 139 cm³/mol. The van der Waals surface area contributed by atoms with Crippen molar-refractivity contribution in [3.05, 3.63) is 65.2 Å². The Bertz CT molecular complexity index is 1030. The summed E-state index contributed by atoms with van der Waals surface area (Å²) in [4.78, 5) is 33.0. The number of thioether (sulfide) groups is 1. The van der Waals surface area contributed by atoms with E-state index in [1.54, 1.807) is 43.0 Å². The molecule has 0 atom stereocenters. The van der Waals surface area contributed by atoms with E-state index in [2.05, 4.69) is 23.9 Å². The number of esters is 2. The van der Waals surface area contributed by atoms with Crippen molar-refractivity contribution in [2.24, 2.45) is 5.16 Å². The lowest BCUT2D eigenvalue weighted by molar-refractivity contribution is -0.150. The number of benzene rings is 2. The van der Waals surface area contributed by atoms with Crippen LogP contribution in [-0.2, 0) is 30.4 Å². The zero-order chi connectivity index (χ0) is 26.0. The Hall–Kier alpha value is -2.88. The first kappa shape index (κ1) is 27.7. The van der Waals surface area contributed by atoms with Gasteiger partial charge in [-0.05, 0) is 56.9 Å². The average Bonchev–Trinajstić information content (AvgIpc) is 2.91. The smallest absolute Gasteiger partial charge is 0.347 e. The van der Waals surface area contributed by atoms with Gasteiger partial charge in [0.25, 0.3) is 0 Å². The molecule has 3 rings (SSSR count). The Kier molecular flexibility index (Phi) is 10.3. The third-order valence-electron chi connectivity index (χ3n) is 5.95. The first-order valence-corrected chi connectivity index (χ1v) is 13.2. The molecule has 2 aromatic rings. The molecule has 0 bridgehead atoms. The molecule has 0 amide bonds. The minimum Gasteiger partial charge on any atom is -0.462 e. The fraction of sp³-hybridized carbons (Fsp3) is 0.444. The minimum atomic E-state index is -0.533. The van der Waals surface area contributed by atoms with Gasteiger partial charge in [-0.3, -0.25) is 4.90 Å². The van der Waals surface area contributed by atoms with Crippen molar-refractivity contribution >= 4 is 29.4 Å². The van der Waals surface area contributed by atoms with Crippen molar-refractivity contribution in [2.45, 2.75) is 37.8 Å². The Morgan fingerprint density at radius 3 is 2.25 bits per heavy atom. The molecule has 0 unspecified atom stereocenters. The lowest BCUT2D eigenvalue weighted by Crippen LogP contribution is -2.54. The highest BCUT2D eigenvalue weighted by Gasteiger charge is 2.35. The maximum atomic E-state index is 12.3. The van der Waals surface area contributed by atoms with E-state index in [1.807, 2.05) is 30.5 Å². The molecule has 0 aromatic heterocycles. The molecule has 0 radical (unpaired) electrons. The quantitative estimate of drug-likeness (QED) is 0.191. The molecule has 1 aliphatic rings. The molecule has 0 N–H and O–H groups in total. The standard InChI is InChI=1S/C27H34N2O6S/c1-5-33-26(31)22-8-6-20(7-9-22)18-34-24(30)19-35-28-25(21-10-12-23(36-4)13-11-21)27(2,3)29-14-16-32-17-15-29/h6-13H,5,14-19H2,1-4H3/b28-25-. The van der Waals surface area contributed by atoms with Crippen LogP contribution in [0.5, 0.6) is 0 Å². The van der Waals surface area contributed by atoms with E-state index in [0.717, 1.165) is 34.8 Å². The number of rotatable bonds is 11. The van der Waals surface area contributed by atoms with Gasteiger partial charge in [-0.25, -0.2) is 9.59 Å². The fourth-order valence-corrected chi connectivity index (χ4v) is 4.25. The molecule has 9 heteroatoms. The Morgan fingerprint density at radius 2 is 1.64 bits per heavy atom. The molecule has 8 nitrogen and oxygen atoms in total. The molecule has 36 heavy (non-hydrogen) atoms. The summed E-state index contributed by atoms with van der Waals surface area (Å²) < 4.78 is 15.8. The summed E-state index contributed by atoms with van der Waals surface area (Å²) in [7, 11) is 0. The van der Waals surface area contributed by atoms with Crippen LogP contribution in [-0.4, -0.2) is 73.9 Å². The summed E-state index contributed by atoms with van der Waals surface area (Å²) in [6, 6.07) is 14.9. The highest BCUT2D eigenvalue weighted by Crippen LogP contribution is 2.25. The Labute approximate surface area is 216 Å². The van der Waals surface area contributed by atoms with Crippen LogP contribution in [0.1, 0.15) is 42.3 Å². The molecule has 1 heterocycles. The molecule has 2 aromatic carbocycles. The first-order valence-electron chi connectivity index (χ1n) is 11.9. The Balaban J connectivity index is 1.63. The summed E-state index contributed by atoms with van der Waals surface area (Å²) in [5.74, 6) is -0.916. The van der Waals surface area contributed by atoms with Crippen molar-refractivity contribution in [2.75, 3.05) is 45.8 Å². The van der Waals surface area contributed by atoms with Crippen LogP contribution >= 0.6 is 11.8 Å². The molecular formula is C27H34N2O6S. The minimum absolute atomic E-state index is 0.0668. The number of carbonyl (C=O) groups excluding carboxylic acids is 2. The van der Waals surface area contributed by atoms with E-state index >= 15 is 0 Å². The van der Waals surface area contributed by atoms with E-state index in [4.69, 9.17) is 19.0 Å². The van der Waals surface area contributed by atoms with Gasteiger partial charge < -0.3 is 19.0 Å². The molecule has 0 saturated carbocycles. The third-order valence-corrected chi connectivity index (χ3v) is 6.69. The number of ether oxygens (including phenoxy) is 3. The monoisotopic (exact) mass is 514 g/mol. The van der Waals surface area contributed by atoms with E-state index in [0.29, 0.717) is 25.4 Å². The van der Waals surface area contributed by atoms with Gasteiger partial charge in [-0.15, -0.1) is 11.8 Å². The zero-order valence-corrected chi connectivity index (χ0v) is 22.1. The fourth-order valence-electron chi connectivity index (χ4n) is 3.85. The van der Waals surface area contributed by atoms with Gasteiger partial charge in [0.1, 0.15) is 12.3 Å². The van der Waals surface area contributed by atoms with Gasteiger partial charge in [0.2, 0.25) is 6.61 Å². The van der Waals surface area contributed by atoms with Crippen LogP contribution in [0.4, 0.5) is 0 Å². The van der Waals surface area contributed by atoms with Crippen LogP contribution in [0.25, 0.3) is 0 Å². The summed E-state index contributed by atoms with van der Waals surface area (Å²) >= 11 is 1.67. The zero-order valence-electron chi connectivity index (χ0n) is 21.3. The highest BCUT2D eigenvalue weighted by atomic mass is 32.2. The second kappa shape index (κ2) is 13.4. The lowest BCUT2D eigenvalue weighted by Gasteiger charge is -2.41. The topological polar surface area (TPSA) is 86.7 Å². The maximum Gasteiger partial charge on any atom is 0.347 e. The van der Waals surface area contributed by atoms with Crippen molar-refractivity contribution < 1.29 is 28.6 Å². The average molecular weight is 515 g/mol. The predicted octanol–water partition coefficient (Wildman–Crippen LogP) is 4.16. The molecule has 1 fully saturated rings. The highest BCUT2D eigenvalue weighted by molar-refractivity contribution is 7.98. The van der Waals surface area contributed by atoms with Crippen molar-refractivity contribution in [3.63, 3.8) is 0 Å². The van der Waals surface area contributed by atoms with E-state index in [9.17, 15) is 9.59 Å². The number of nitrogens with zero attached hydrogens (tertiary/aromatic N) is 2. The third kappa shape index (κ3) is 7.56. The number of hydrogen-bond donors (Lipinski definition) is 0. The van der Waals surface area contributed by atoms with Gasteiger partial charge in [0, 0.05) is 23.5 Å². The molecular weight excluding hydrogens is 480 g/mol. The van der Waals surface area contributed by atoms with Crippen molar-refractivity contribution in [1.82, 2.24) is 4.90 Å². The molecule has 1 aliphatic heterocycles. The van der Waals surface area contributed by atoms with E-state index in [1.165, 1.54) is 0 Å². The summed E-state index contributed by atoms with van der Waals surface area (Å²) in [5.41, 5.74) is 2.43. The lowest BCUT2D eigenvalue weighted by atomic mass is 9.90. The number of oxime groups is 1. The van der Waals surface area contributed by atoms with Crippen LogP contribution < -0.4 is 0 Å².